The van der Waals surface area contributed by atoms with Crippen LogP contribution >= 0.6 is 11.6 Å². The molecule has 1 aromatic carbocycles. The summed E-state index contributed by atoms with van der Waals surface area (Å²) >= 11 is 5.89. The van der Waals surface area contributed by atoms with Crippen molar-refractivity contribution in [3.63, 3.8) is 0 Å². The van der Waals surface area contributed by atoms with Gasteiger partial charge in [0.1, 0.15) is 5.75 Å². The molecular formula is C9H8ClNO2. The lowest BCUT2D eigenvalue weighted by atomic mass is 10.1. The highest BCUT2D eigenvalue weighted by atomic mass is 35.5. The summed E-state index contributed by atoms with van der Waals surface area (Å²) in [4.78, 5) is 11.2. The van der Waals surface area contributed by atoms with Crippen LogP contribution in [-0.2, 0) is 6.54 Å². The summed E-state index contributed by atoms with van der Waals surface area (Å²) in [7, 11) is 1.55. The van der Waals surface area contributed by atoms with E-state index in [-0.39, 0.29) is 5.91 Å². The van der Waals surface area contributed by atoms with Gasteiger partial charge in [-0.1, -0.05) is 11.6 Å². The van der Waals surface area contributed by atoms with Crippen molar-refractivity contribution in [1.29, 1.82) is 0 Å². The predicted molar refractivity (Wildman–Crippen MR) is 49.2 cm³/mol. The molecule has 1 N–H and O–H groups in total. The Hall–Kier alpha value is -1.22. The molecule has 1 aliphatic heterocycles. The van der Waals surface area contributed by atoms with E-state index >= 15 is 0 Å². The third kappa shape index (κ3) is 1.16. The molecule has 0 atom stereocenters. The molecule has 0 aliphatic carbocycles. The van der Waals surface area contributed by atoms with Crippen LogP contribution in [0.5, 0.6) is 5.75 Å². The van der Waals surface area contributed by atoms with E-state index in [1.54, 1.807) is 19.2 Å². The fourth-order valence-corrected chi connectivity index (χ4v) is 1.73. The molecule has 1 aliphatic rings. The molecule has 0 unspecified atom stereocenters. The number of rotatable bonds is 1. The maximum Gasteiger partial charge on any atom is 0.252 e. The number of hydrogen-bond acceptors (Lipinski definition) is 2. The van der Waals surface area contributed by atoms with Gasteiger partial charge in [0.05, 0.1) is 12.1 Å². The topological polar surface area (TPSA) is 38.3 Å². The van der Waals surface area contributed by atoms with Crippen LogP contribution in [0.2, 0.25) is 5.02 Å². The summed E-state index contributed by atoms with van der Waals surface area (Å²) in [5.74, 6) is 0.530. The standard InChI is InChI=1S/C9H8ClNO2/c1-13-8-6-4-11-9(12)5(6)2-3-7(8)10/h2-3H,4H2,1H3,(H,11,12). The lowest BCUT2D eigenvalue weighted by Crippen LogP contribution is -2.12. The van der Waals surface area contributed by atoms with Crippen molar-refractivity contribution in [2.45, 2.75) is 6.54 Å². The molecule has 68 valence electrons. The Morgan fingerprint density at radius 1 is 1.54 bits per heavy atom. The molecule has 1 heterocycles. The number of ether oxygens (including phenoxy) is 1. The van der Waals surface area contributed by atoms with E-state index in [1.165, 1.54) is 0 Å². The van der Waals surface area contributed by atoms with Gasteiger partial charge in [0.2, 0.25) is 0 Å². The van der Waals surface area contributed by atoms with Gasteiger partial charge < -0.3 is 10.1 Å². The minimum Gasteiger partial charge on any atom is -0.495 e. The van der Waals surface area contributed by atoms with Gasteiger partial charge in [0, 0.05) is 17.7 Å². The molecule has 0 radical (unpaired) electrons. The molecule has 0 aromatic heterocycles. The molecular weight excluding hydrogens is 190 g/mol. The molecule has 1 aromatic rings. The molecule has 4 heteroatoms. The van der Waals surface area contributed by atoms with E-state index in [1.807, 2.05) is 0 Å². The van der Waals surface area contributed by atoms with Crippen molar-refractivity contribution in [2.24, 2.45) is 0 Å². The van der Waals surface area contributed by atoms with Crippen molar-refractivity contribution in [2.75, 3.05) is 7.11 Å². The molecule has 0 bridgehead atoms. The van der Waals surface area contributed by atoms with E-state index in [0.29, 0.717) is 22.9 Å². The Morgan fingerprint density at radius 3 is 3.00 bits per heavy atom. The van der Waals surface area contributed by atoms with Gasteiger partial charge >= 0.3 is 0 Å². The first-order chi connectivity index (χ1) is 6.24. The molecule has 3 nitrogen and oxygen atoms in total. The Morgan fingerprint density at radius 2 is 2.31 bits per heavy atom. The van der Waals surface area contributed by atoms with Crippen LogP contribution in [0.15, 0.2) is 12.1 Å². The first-order valence-electron chi connectivity index (χ1n) is 3.87. The number of carbonyl (C=O) groups excluding carboxylic acids is 1. The van der Waals surface area contributed by atoms with Crippen LogP contribution in [0.3, 0.4) is 0 Å². The summed E-state index contributed by atoms with van der Waals surface area (Å²) in [5.41, 5.74) is 1.50. The number of halogens is 1. The number of methoxy groups -OCH3 is 1. The Kier molecular flexibility index (Phi) is 1.88. The molecule has 0 saturated heterocycles. The Bertz CT molecular complexity index is 376. The van der Waals surface area contributed by atoms with Crippen molar-refractivity contribution >= 4 is 17.5 Å². The van der Waals surface area contributed by atoms with Gasteiger partial charge in [0.25, 0.3) is 5.91 Å². The van der Waals surface area contributed by atoms with E-state index in [2.05, 4.69) is 5.32 Å². The highest BCUT2D eigenvalue weighted by Gasteiger charge is 2.23. The fraction of sp³-hybridized carbons (Fsp3) is 0.222. The monoisotopic (exact) mass is 197 g/mol. The number of fused-ring (bicyclic) bond motifs is 1. The molecule has 0 spiro atoms. The number of benzene rings is 1. The zero-order chi connectivity index (χ0) is 9.42. The lowest BCUT2D eigenvalue weighted by molar-refractivity contribution is 0.0966. The Labute approximate surface area is 80.6 Å². The zero-order valence-electron chi connectivity index (χ0n) is 7.06. The quantitative estimate of drug-likeness (QED) is 0.743. The summed E-state index contributed by atoms with van der Waals surface area (Å²) in [6.45, 7) is 0.498. The van der Waals surface area contributed by atoms with Gasteiger partial charge in [-0.05, 0) is 12.1 Å². The van der Waals surface area contributed by atoms with Gasteiger partial charge in [-0.25, -0.2) is 0 Å². The van der Waals surface area contributed by atoms with Crippen LogP contribution in [0.4, 0.5) is 0 Å². The summed E-state index contributed by atoms with van der Waals surface area (Å²) < 4.78 is 5.11. The van der Waals surface area contributed by atoms with Gasteiger partial charge in [-0.2, -0.15) is 0 Å². The molecule has 0 saturated carbocycles. The van der Waals surface area contributed by atoms with Crippen LogP contribution in [0.25, 0.3) is 0 Å². The van der Waals surface area contributed by atoms with Crippen molar-refractivity contribution in [1.82, 2.24) is 5.32 Å². The molecule has 0 fully saturated rings. The van der Waals surface area contributed by atoms with E-state index in [0.717, 1.165) is 5.56 Å². The third-order valence-corrected chi connectivity index (χ3v) is 2.38. The first kappa shape index (κ1) is 8.38. The summed E-state index contributed by atoms with van der Waals surface area (Å²) in [6.07, 6.45) is 0. The average molecular weight is 198 g/mol. The number of hydrogen-bond donors (Lipinski definition) is 1. The maximum absolute atomic E-state index is 11.2. The van der Waals surface area contributed by atoms with Gasteiger partial charge in [-0.15, -0.1) is 0 Å². The molecule has 1 amide bonds. The zero-order valence-corrected chi connectivity index (χ0v) is 7.81. The van der Waals surface area contributed by atoms with E-state index in [9.17, 15) is 4.79 Å². The Balaban J connectivity index is 2.64. The maximum atomic E-state index is 11.2. The largest absolute Gasteiger partial charge is 0.495 e. The second-order valence-electron chi connectivity index (χ2n) is 2.79. The van der Waals surface area contributed by atoms with Crippen LogP contribution < -0.4 is 10.1 Å². The van der Waals surface area contributed by atoms with Crippen molar-refractivity contribution < 1.29 is 9.53 Å². The van der Waals surface area contributed by atoms with Gasteiger partial charge in [-0.3, -0.25) is 4.79 Å². The minimum absolute atomic E-state index is 0.0648. The SMILES string of the molecule is COc1c(Cl)ccc2c1CNC2=O. The molecule has 13 heavy (non-hydrogen) atoms. The van der Waals surface area contributed by atoms with Crippen molar-refractivity contribution in [3.05, 3.63) is 28.3 Å². The lowest BCUT2D eigenvalue weighted by Gasteiger charge is -2.06. The second kappa shape index (κ2) is 2.92. The van der Waals surface area contributed by atoms with Crippen molar-refractivity contribution in [3.8, 4) is 5.75 Å². The first-order valence-corrected chi connectivity index (χ1v) is 4.25. The van der Waals surface area contributed by atoms with E-state index in [4.69, 9.17) is 16.3 Å². The highest BCUT2D eigenvalue weighted by Crippen LogP contribution is 2.33. The van der Waals surface area contributed by atoms with Gasteiger partial charge in [0.15, 0.2) is 0 Å². The normalized spacial score (nSPS) is 13.8. The second-order valence-corrected chi connectivity index (χ2v) is 3.20. The fourth-order valence-electron chi connectivity index (χ4n) is 1.47. The minimum atomic E-state index is -0.0648. The highest BCUT2D eigenvalue weighted by molar-refractivity contribution is 6.32. The van der Waals surface area contributed by atoms with E-state index < -0.39 is 0 Å². The smallest absolute Gasteiger partial charge is 0.252 e. The number of nitrogens with one attached hydrogen (secondary N) is 1. The van der Waals surface area contributed by atoms with Crippen LogP contribution in [0.1, 0.15) is 15.9 Å². The predicted octanol–water partition coefficient (Wildman–Crippen LogP) is 1.59. The third-order valence-electron chi connectivity index (χ3n) is 2.09. The number of carbonyl (C=O) groups is 1. The number of amides is 1. The summed E-state index contributed by atoms with van der Waals surface area (Å²) in [6, 6.07) is 3.38. The summed E-state index contributed by atoms with van der Waals surface area (Å²) in [5, 5.41) is 3.25. The molecule has 2 rings (SSSR count). The van der Waals surface area contributed by atoms with Crippen LogP contribution in [-0.4, -0.2) is 13.0 Å². The average Bonchev–Trinajstić information content (AvgIpc) is 2.48. The van der Waals surface area contributed by atoms with Crippen LogP contribution in [0, 0.1) is 0 Å².